The Morgan fingerprint density at radius 1 is 1.04 bits per heavy atom. The van der Waals surface area contributed by atoms with Crippen molar-refractivity contribution in [2.45, 2.75) is 75.1 Å². The second-order valence-corrected chi connectivity index (χ2v) is 8.33. The van der Waals surface area contributed by atoms with E-state index in [0.29, 0.717) is 5.75 Å². The summed E-state index contributed by atoms with van der Waals surface area (Å²) in [5.74, 6) is -0.633. The average Bonchev–Trinajstić information content (AvgIpc) is 3.10. The van der Waals surface area contributed by atoms with Crippen molar-refractivity contribution in [2.75, 3.05) is 5.75 Å². The summed E-state index contributed by atoms with van der Waals surface area (Å²) in [6, 6.07) is 0. The van der Waals surface area contributed by atoms with Gasteiger partial charge in [-0.3, -0.25) is 0 Å². The molecule has 24 heavy (non-hydrogen) atoms. The smallest absolute Gasteiger partial charge is 0.190 e. The topological polar surface area (TPSA) is 64.0 Å². The fraction of sp³-hybridized carbons (Fsp3) is 0.812. The average molecular weight is 356 g/mol. The quantitative estimate of drug-likeness (QED) is 0.767. The van der Waals surface area contributed by atoms with Crippen LogP contribution < -0.4 is 0 Å². The lowest BCUT2D eigenvalue weighted by Gasteiger charge is -2.37. The SMILES string of the molecule is Cn1ccnc1SC[C@@H]1O[C@@H]2OC(C)(C)O[C@@H]2[C@H]2OC(C)(C)O[C@H]21. The van der Waals surface area contributed by atoms with Gasteiger partial charge in [-0.1, -0.05) is 11.8 Å². The maximum Gasteiger partial charge on any atom is 0.190 e. The Bertz CT molecular complexity index is 619. The Labute approximate surface area is 145 Å². The lowest BCUT2D eigenvalue weighted by Crippen LogP contribution is -2.55. The summed E-state index contributed by atoms with van der Waals surface area (Å²) in [4.78, 5) is 4.35. The highest BCUT2D eigenvalue weighted by Crippen LogP contribution is 2.44. The Hall–Kier alpha value is -0.640. The van der Waals surface area contributed by atoms with Crippen LogP contribution in [-0.4, -0.2) is 57.6 Å². The minimum absolute atomic E-state index is 0.155. The first kappa shape index (κ1) is 16.8. The van der Waals surface area contributed by atoms with Crippen molar-refractivity contribution in [1.82, 2.24) is 9.55 Å². The second kappa shape index (κ2) is 5.69. The molecular weight excluding hydrogens is 332 g/mol. The van der Waals surface area contributed by atoms with Gasteiger partial charge in [0.25, 0.3) is 0 Å². The molecule has 7 nitrogen and oxygen atoms in total. The summed E-state index contributed by atoms with van der Waals surface area (Å²) >= 11 is 1.64. The van der Waals surface area contributed by atoms with Gasteiger partial charge in [-0.25, -0.2) is 4.98 Å². The van der Waals surface area contributed by atoms with Crippen molar-refractivity contribution in [3.05, 3.63) is 12.4 Å². The molecule has 8 heteroatoms. The Morgan fingerprint density at radius 2 is 1.71 bits per heavy atom. The lowest BCUT2D eigenvalue weighted by atomic mass is 10.00. The third-order valence-electron chi connectivity index (χ3n) is 4.40. The molecule has 5 atom stereocenters. The molecule has 0 aliphatic carbocycles. The van der Waals surface area contributed by atoms with Crippen LogP contribution in [-0.2, 0) is 30.7 Å². The number of fused-ring (bicyclic) bond motifs is 3. The van der Waals surface area contributed by atoms with Crippen molar-refractivity contribution in [3.63, 3.8) is 0 Å². The molecule has 134 valence electrons. The van der Waals surface area contributed by atoms with E-state index in [2.05, 4.69) is 4.98 Å². The van der Waals surface area contributed by atoms with Gasteiger partial charge in [-0.15, -0.1) is 0 Å². The Balaban J connectivity index is 1.53. The molecule has 0 saturated carbocycles. The number of imidazole rings is 1. The lowest BCUT2D eigenvalue weighted by molar-refractivity contribution is -0.228. The molecule has 0 bridgehead atoms. The van der Waals surface area contributed by atoms with Gasteiger partial charge in [0.1, 0.15) is 18.3 Å². The van der Waals surface area contributed by atoms with E-state index in [1.807, 2.05) is 45.5 Å². The fourth-order valence-electron chi connectivity index (χ4n) is 3.48. The molecule has 4 rings (SSSR count). The summed E-state index contributed by atoms with van der Waals surface area (Å²) in [5, 5.41) is 0.944. The van der Waals surface area contributed by atoms with Crippen LogP contribution in [0.1, 0.15) is 27.7 Å². The first-order valence-corrected chi connectivity index (χ1v) is 9.19. The van der Waals surface area contributed by atoms with Crippen LogP contribution >= 0.6 is 11.8 Å². The summed E-state index contributed by atoms with van der Waals surface area (Å²) < 4.78 is 32.3. The molecule has 3 saturated heterocycles. The molecule has 0 N–H and O–H groups in total. The summed E-state index contributed by atoms with van der Waals surface area (Å²) in [7, 11) is 1.98. The molecule has 4 heterocycles. The van der Waals surface area contributed by atoms with E-state index in [4.69, 9.17) is 23.7 Å². The minimum Gasteiger partial charge on any atom is -0.343 e. The zero-order valence-electron chi connectivity index (χ0n) is 14.6. The van der Waals surface area contributed by atoms with Crippen LogP contribution in [0.2, 0.25) is 0 Å². The van der Waals surface area contributed by atoms with Crippen molar-refractivity contribution < 1.29 is 23.7 Å². The van der Waals surface area contributed by atoms with Crippen molar-refractivity contribution in [1.29, 1.82) is 0 Å². The van der Waals surface area contributed by atoms with Crippen LogP contribution in [0.15, 0.2) is 17.6 Å². The number of thioether (sulfide) groups is 1. The third kappa shape index (κ3) is 3.00. The van der Waals surface area contributed by atoms with Gasteiger partial charge in [-0.2, -0.15) is 0 Å². The van der Waals surface area contributed by atoms with Crippen LogP contribution in [0.4, 0.5) is 0 Å². The third-order valence-corrected chi connectivity index (χ3v) is 5.55. The molecular formula is C16H24N2O5S. The van der Waals surface area contributed by atoms with Gasteiger partial charge < -0.3 is 28.3 Å². The maximum atomic E-state index is 6.18. The number of aromatic nitrogens is 2. The maximum absolute atomic E-state index is 6.18. The molecule has 0 radical (unpaired) electrons. The number of hydrogen-bond acceptors (Lipinski definition) is 7. The van der Waals surface area contributed by atoms with Crippen LogP contribution in [0.5, 0.6) is 0 Å². The monoisotopic (exact) mass is 356 g/mol. The number of hydrogen-bond donors (Lipinski definition) is 0. The molecule has 0 spiro atoms. The van der Waals surface area contributed by atoms with Gasteiger partial charge in [0.05, 0.1) is 6.10 Å². The van der Waals surface area contributed by atoms with Gasteiger partial charge in [0.15, 0.2) is 23.0 Å². The minimum atomic E-state index is -0.683. The number of ether oxygens (including phenoxy) is 5. The molecule has 3 aliphatic rings. The van der Waals surface area contributed by atoms with E-state index in [0.717, 1.165) is 5.16 Å². The fourth-order valence-corrected chi connectivity index (χ4v) is 4.46. The molecule has 0 aromatic carbocycles. The summed E-state index contributed by atoms with van der Waals surface area (Å²) in [6.07, 6.45) is 2.46. The molecule has 1 aromatic rings. The molecule has 3 fully saturated rings. The number of aryl methyl sites for hydroxylation is 1. The van der Waals surface area contributed by atoms with Gasteiger partial charge in [-0.05, 0) is 27.7 Å². The molecule has 0 unspecified atom stereocenters. The summed E-state index contributed by atoms with van der Waals surface area (Å²) in [5.41, 5.74) is 0. The first-order chi connectivity index (χ1) is 11.2. The normalized spacial score (nSPS) is 39.6. The number of nitrogens with zero attached hydrogens (tertiary/aromatic N) is 2. The molecule has 0 amide bonds. The van der Waals surface area contributed by atoms with Gasteiger partial charge >= 0.3 is 0 Å². The predicted octanol–water partition coefficient (Wildman–Crippen LogP) is 1.91. The van der Waals surface area contributed by atoms with E-state index in [9.17, 15) is 0 Å². The zero-order chi connectivity index (χ0) is 17.1. The Kier molecular flexibility index (Phi) is 3.98. The second-order valence-electron chi connectivity index (χ2n) is 7.34. The van der Waals surface area contributed by atoms with Crippen molar-refractivity contribution in [3.8, 4) is 0 Å². The van der Waals surface area contributed by atoms with Crippen LogP contribution in [0, 0.1) is 0 Å². The van der Waals surface area contributed by atoms with Crippen LogP contribution in [0.3, 0.4) is 0 Å². The van der Waals surface area contributed by atoms with Crippen molar-refractivity contribution >= 4 is 11.8 Å². The van der Waals surface area contributed by atoms with E-state index in [-0.39, 0.29) is 24.4 Å². The zero-order valence-corrected chi connectivity index (χ0v) is 15.4. The first-order valence-electron chi connectivity index (χ1n) is 8.21. The van der Waals surface area contributed by atoms with E-state index >= 15 is 0 Å². The van der Waals surface area contributed by atoms with Crippen LogP contribution in [0.25, 0.3) is 0 Å². The molecule has 3 aliphatic heterocycles. The highest BCUT2D eigenvalue weighted by Gasteiger charge is 2.60. The number of rotatable bonds is 3. The Morgan fingerprint density at radius 3 is 2.42 bits per heavy atom. The largest absolute Gasteiger partial charge is 0.343 e. The highest BCUT2D eigenvalue weighted by molar-refractivity contribution is 7.99. The van der Waals surface area contributed by atoms with Gasteiger partial charge in [0, 0.05) is 25.2 Å². The van der Waals surface area contributed by atoms with E-state index in [1.54, 1.807) is 18.0 Å². The van der Waals surface area contributed by atoms with Gasteiger partial charge in [0.2, 0.25) is 0 Å². The van der Waals surface area contributed by atoms with E-state index < -0.39 is 17.9 Å². The predicted molar refractivity (Wildman–Crippen MR) is 86.5 cm³/mol. The van der Waals surface area contributed by atoms with E-state index in [1.165, 1.54) is 0 Å². The van der Waals surface area contributed by atoms with Crippen molar-refractivity contribution in [2.24, 2.45) is 7.05 Å². The standard InChI is InChI=1S/C16H24N2O5S/c1-15(2)20-10-9(8-24-14-17-6-7-18(14)5)19-13-12(11(10)21-15)22-16(3,4)23-13/h6-7,9-13H,8H2,1-5H3/t9-,10-,11-,12+,13+/m0/s1. The summed E-state index contributed by atoms with van der Waals surface area (Å²) in [6.45, 7) is 7.62. The molecule has 1 aromatic heterocycles. The highest BCUT2D eigenvalue weighted by atomic mass is 32.2.